The molecule has 4 heteroatoms. The SMILES string of the molecule is c1ccc(-c2cccc(-c3nc(-n4c5ccccc5c5c6ccc(-n7c8ccccc8c8c9ccccc9ccc87)cc6ccc54)nc4ccccc34)c2)cc1. The number of nitrogens with zero attached hydrogens (tertiary/aromatic N) is 4. The topological polar surface area (TPSA) is 35.6 Å². The van der Waals surface area contributed by atoms with Crippen LogP contribution >= 0.6 is 0 Å². The molecule has 56 heavy (non-hydrogen) atoms. The maximum atomic E-state index is 5.40. The first-order chi connectivity index (χ1) is 27.8. The molecular formula is C52H32N4. The highest BCUT2D eigenvalue weighted by atomic mass is 15.2. The Morgan fingerprint density at radius 3 is 1.71 bits per heavy atom. The first kappa shape index (κ1) is 30.9. The summed E-state index contributed by atoms with van der Waals surface area (Å²) in [5, 5.41) is 10.9. The molecule has 0 radical (unpaired) electrons. The van der Waals surface area contributed by atoms with Crippen molar-refractivity contribution in [2.24, 2.45) is 0 Å². The molecule has 0 bridgehead atoms. The summed E-state index contributed by atoms with van der Waals surface area (Å²) in [6, 6.07) is 69.6. The predicted molar refractivity (Wildman–Crippen MR) is 234 cm³/mol. The fourth-order valence-electron chi connectivity index (χ4n) is 9.02. The predicted octanol–water partition coefficient (Wildman–Crippen LogP) is 13.5. The van der Waals surface area contributed by atoms with Gasteiger partial charge in [0.25, 0.3) is 0 Å². The molecule has 12 rings (SSSR count). The minimum absolute atomic E-state index is 0.656. The van der Waals surface area contributed by atoms with Crippen LogP contribution in [0.25, 0.3) is 110 Å². The van der Waals surface area contributed by atoms with Crippen molar-refractivity contribution < 1.29 is 0 Å². The molecule has 9 aromatic carbocycles. The lowest BCUT2D eigenvalue weighted by molar-refractivity contribution is 1.01. The summed E-state index contributed by atoms with van der Waals surface area (Å²) in [4.78, 5) is 10.6. The first-order valence-corrected chi connectivity index (χ1v) is 19.1. The second-order valence-corrected chi connectivity index (χ2v) is 14.6. The minimum atomic E-state index is 0.656. The fourth-order valence-corrected chi connectivity index (χ4v) is 9.02. The van der Waals surface area contributed by atoms with Gasteiger partial charge in [-0.2, -0.15) is 0 Å². The molecule has 4 nitrogen and oxygen atoms in total. The quantitative estimate of drug-likeness (QED) is 0.182. The molecule has 3 heterocycles. The zero-order valence-corrected chi connectivity index (χ0v) is 30.3. The molecule has 12 aromatic rings. The standard InChI is InChI=1S/C52H32N4/c1-2-13-33(14-3-1)35-16-12-17-37(31-35)51-41-19-6-9-22-44(41)53-52(54-51)56-46-24-11-8-21-43(46)50-40-28-27-38(32-36(40)26-30-48(50)56)55-45-23-10-7-20-42(45)49-39-18-5-4-15-34(39)25-29-47(49)55/h1-32H. The first-order valence-electron chi connectivity index (χ1n) is 19.1. The molecule has 0 spiro atoms. The van der Waals surface area contributed by atoms with Crippen LogP contribution in [-0.2, 0) is 0 Å². The summed E-state index contributed by atoms with van der Waals surface area (Å²) in [6.45, 7) is 0. The average molecular weight is 713 g/mol. The van der Waals surface area contributed by atoms with Crippen LogP contribution in [-0.4, -0.2) is 19.1 Å². The Morgan fingerprint density at radius 1 is 0.321 bits per heavy atom. The third-order valence-electron chi connectivity index (χ3n) is 11.5. The van der Waals surface area contributed by atoms with E-state index in [1.807, 2.05) is 0 Å². The van der Waals surface area contributed by atoms with Crippen LogP contribution in [0.5, 0.6) is 0 Å². The average Bonchev–Trinajstić information content (AvgIpc) is 3.80. The Labute approximate surface area is 322 Å². The van der Waals surface area contributed by atoms with Crippen molar-refractivity contribution in [1.29, 1.82) is 0 Å². The summed E-state index contributed by atoms with van der Waals surface area (Å²) in [6.07, 6.45) is 0. The van der Waals surface area contributed by atoms with E-state index in [4.69, 9.17) is 9.97 Å². The molecule has 0 aliphatic carbocycles. The van der Waals surface area contributed by atoms with Gasteiger partial charge in [-0.1, -0.05) is 146 Å². The molecule has 260 valence electrons. The largest absolute Gasteiger partial charge is 0.309 e. The molecule has 0 atom stereocenters. The van der Waals surface area contributed by atoms with Gasteiger partial charge in [0.15, 0.2) is 0 Å². The van der Waals surface area contributed by atoms with E-state index in [0.29, 0.717) is 5.95 Å². The number of para-hydroxylation sites is 3. The van der Waals surface area contributed by atoms with Gasteiger partial charge >= 0.3 is 0 Å². The van der Waals surface area contributed by atoms with Crippen molar-refractivity contribution in [2.45, 2.75) is 0 Å². The maximum absolute atomic E-state index is 5.40. The second kappa shape index (κ2) is 12.0. The molecular weight excluding hydrogens is 681 g/mol. The molecule has 3 aromatic heterocycles. The molecule has 0 saturated carbocycles. The van der Waals surface area contributed by atoms with Crippen molar-refractivity contribution in [3.8, 4) is 34.0 Å². The molecule has 0 aliphatic heterocycles. The summed E-state index contributed by atoms with van der Waals surface area (Å²) in [5.74, 6) is 0.656. The van der Waals surface area contributed by atoms with Crippen LogP contribution in [0, 0.1) is 0 Å². The van der Waals surface area contributed by atoms with Crippen LogP contribution in [0.15, 0.2) is 194 Å². The summed E-state index contributed by atoms with van der Waals surface area (Å²) in [5.41, 5.74) is 10.9. The van der Waals surface area contributed by atoms with Crippen molar-refractivity contribution >= 4 is 76.1 Å². The van der Waals surface area contributed by atoms with E-state index in [-0.39, 0.29) is 0 Å². The fraction of sp³-hybridized carbons (Fsp3) is 0. The summed E-state index contributed by atoms with van der Waals surface area (Å²) < 4.78 is 4.66. The highest BCUT2D eigenvalue weighted by molar-refractivity contribution is 6.23. The normalized spacial score (nSPS) is 11.9. The number of benzene rings is 9. The van der Waals surface area contributed by atoms with E-state index in [0.717, 1.165) is 44.4 Å². The van der Waals surface area contributed by atoms with Gasteiger partial charge in [-0.3, -0.25) is 4.57 Å². The number of aromatic nitrogens is 4. The molecule has 0 N–H and O–H groups in total. The smallest absolute Gasteiger partial charge is 0.235 e. The Kier molecular flexibility index (Phi) is 6.60. The van der Waals surface area contributed by atoms with Crippen molar-refractivity contribution in [2.75, 3.05) is 0 Å². The lowest BCUT2D eigenvalue weighted by atomic mass is 10.00. The lowest BCUT2D eigenvalue weighted by Crippen LogP contribution is -2.03. The summed E-state index contributed by atoms with van der Waals surface area (Å²) >= 11 is 0. The van der Waals surface area contributed by atoms with E-state index in [9.17, 15) is 0 Å². The Bertz CT molecular complexity index is 3540. The lowest BCUT2D eigenvalue weighted by Gasteiger charge is -2.13. The highest BCUT2D eigenvalue weighted by Gasteiger charge is 2.20. The van der Waals surface area contributed by atoms with Gasteiger partial charge in [0.05, 0.1) is 33.3 Å². The van der Waals surface area contributed by atoms with Crippen LogP contribution in [0.1, 0.15) is 0 Å². The number of hydrogen-bond donors (Lipinski definition) is 0. The Morgan fingerprint density at radius 2 is 0.911 bits per heavy atom. The van der Waals surface area contributed by atoms with E-state index in [2.05, 4.69) is 203 Å². The van der Waals surface area contributed by atoms with E-state index < -0.39 is 0 Å². The van der Waals surface area contributed by atoms with Gasteiger partial charge in [0, 0.05) is 38.2 Å². The van der Waals surface area contributed by atoms with Gasteiger partial charge in [0.2, 0.25) is 5.95 Å². The number of hydrogen-bond acceptors (Lipinski definition) is 2. The molecule has 0 amide bonds. The monoisotopic (exact) mass is 712 g/mol. The Hall–Kier alpha value is -7.56. The van der Waals surface area contributed by atoms with Gasteiger partial charge < -0.3 is 4.57 Å². The molecule has 0 unspecified atom stereocenters. The van der Waals surface area contributed by atoms with E-state index >= 15 is 0 Å². The van der Waals surface area contributed by atoms with Crippen molar-refractivity contribution in [3.05, 3.63) is 194 Å². The maximum Gasteiger partial charge on any atom is 0.235 e. The second-order valence-electron chi connectivity index (χ2n) is 14.6. The third-order valence-corrected chi connectivity index (χ3v) is 11.5. The zero-order valence-electron chi connectivity index (χ0n) is 30.3. The summed E-state index contributed by atoms with van der Waals surface area (Å²) in [7, 11) is 0. The van der Waals surface area contributed by atoms with Gasteiger partial charge in [0.1, 0.15) is 0 Å². The van der Waals surface area contributed by atoms with Gasteiger partial charge in [-0.25, -0.2) is 9.97 Å². The Balaban J connectivity index is 1.08. The number of rotatable bonds is 4. The zero-order chi connectivity index (χ0) is 36.7. The van der Waals surface area contributed by atoms with Gasteiger partial charge in [-0.15, -0.1) is 0 Å². The molecule has 0 aliphatic rings. The van der Waals surface area contributed by atoms with E-state index in [1.54, 1.807) is 0 Å². The number of fused-ring (bicyclic) bond motifs is 11. The molecule has 0 fully saturated rings. The van der Waals surface area contributed by atoms with Crippen LogP contribution in [0.2, 0.25) is 0 Å². The van der Waals surface area contributed by atoms with Crippen molar-refractivity contribution in [1.82, 2.24) is 19.1 Å². The van der Waals surface area contributed by atoms with Crippen LogP contribution < -0.4 is 0 Å². The van der Waals surface area contributed by atoms with E-state index in [1.165, 1.54) is 59.7 Å². The van der Waals surface area contributed by atoms with Crippen LogP contribution in [0.3, 0.4) is 0 Å². The third kappa shape index (κ3) is 4.53. The minimum Gasteiger partial charge on any atom is -0.309 e. The molecule has 0 saturated heterocycles. The van der Waals surface area contributed by atoms with Crippen molar-refractivity contribution in [3.63, 3.8) is 0 Å². The highest BCUT2D eigenvalue weighted by Crippen LogP contribution is 2.41. The van der Waals surface area contributed by atoms with Crippen LogP contribution in [0.4, 0.5) is 0 Å². The van der Waals surface area contributed by atoms with Gasteiger partial charge in [-0.05, 0) is 81.2 Å².